The number of carbonyl (C=O) groups excluding carboxylic acids is 4. The molecule has 2 fully saturated rings. The summed E-state index contributed by atoms with van der Waals surface area (Å²) in [6.07, 6.45) is 17.2. The summed E-state index contributed by atoms with van der Waals surface area (Å²) < 4.78 is 1.70. The lowest BCUT2D eigenvalue weighted by Crippen LogP contribution is -2.49. The summed E-state index contributed by atoms with van der Waals surface area (Å²) >= 11 is 0.779. The molecule has 2 aliphatic rings. The highest BCUT2D eigenvalue weighted by Crippen LogP contribution is 2.33. The summed E-state index contributed by atoms with van der Waals surface area (Å²) in [7, 11) is 0. The molecule has 1 saturated carbocycles. The van der Waals surface area contributed by atoms with Crippen molar-refractivity contribution in [3.8, 4) is 0 Å². The van der Waals surface area contributed by atoms with Gasteiger partial charge in [0.15, 0.2) is 10.9 Å². The number of amides is 3. The molecule has 5 N–H and O–H groups in total. The first-order chi connectivity index (χ1) is 34.2. The number of carbonyl (C=O) groups is 4. The summed E-state index contributed by atoms with van der Waals surface area (Å²) in [5.41, 5.74) is 3.58. The van der Waals surface area contributed by atoms with Crippen molar-refractivity contribution >= 4 is 84.8 Å². The fourth-order valence-corrected chi connectivity index (χ4v) is 10.1. The molecule has 0 bridgehead atoms. The Kier molecular flexibility index (Phi) is 18.2. The Morgan fingerprint density at radius 1 is 0.831 bits per heavy atom. The second kappa shape index (κ2) is 24.8. The van der Waals surface area contributed by atoms with E-state index in [2.05, 4.69) is 51.3 Å². The van der Waals surface area contributed by atoms with E-state index >= 15 is 0 Å². The molecule has 0 unspecified atom stereocenters. The summed E-state index contributed by atoms with van der Waals surface area (Å²) in [5, 5.41) is 26.8. The van der Waals surface area contributed by atoms with Gasteiger partial charge in [0.25, 0.3) is 11.5 Å². The van der Waals surface area contributed by atoms with Gasteiger partial charge in [-0.15, -0.1) is 0 Å². The molecule has 1 aromatic carbocycles. The van der Waals surface area contributed by atoms with E-state index in [1.165, 1.54) is 40.0 Å². The standard InChI is InChI=1S/C50H65N13O7S/c1-32-40-30-54-49(58-45(40)62(37-16-12-13-17-37)47(68)44(32)34(3)64)57-42-21-19-38(29-53-42)61-26-24-60(25-27-61)31-43(66)52-23-15-11-9-7-5-6-8-10-14-22-51-36-18-20-39(41(28-36)56-35(4)65)46(67)59-50-55-33(2)48(71-50)63(69)70/h18-21,28-30,37,51H,5-17,22-27,31H2,1-4H3,(H,52,66)(H,56,65)(H,55,59,67)(H,53,54,57,58). The second-order valence-corrected chi connectivity index (χ2v) is 19.4. The van der Waals surface area contributed by atoms with E-state index in [4.69, 9.17) is 4.98 Å². The van der Waals surface area contributed by atoms with Crippen LogP contribution in [0.25, 0.3) is 11.0 Å². The minimum atomic E-state index is -0.537. The van der Waals surface area contributed by atoms with Crippen molar-refractivity contribution in [3.63, 3.8) is 0 Å². The fraction of sp³-hybridized carbons (Fsp3) is 0.500. The maximum atomic E-state index is 13.6. The maximum Gasteiger partial charge on any atom is 0.348 e. The molecule has 0 radical (unpaired) electrons. The van der Waals surface area contributed by atoms with Crippen molar-refractivity contribution in [1.29, 1.82) is 0 Å². The highest BCUT2D eigenvalue weighted by atomic mass is 32.1. The number of pyridine rings is 2. The van der Waals surface area contributed by atoms with Gasteiger partial charge in [-0.25, -0.2) is 15.0 Å². The lowest BCUT2D eigenvalue weighted by molar-refractivity contribution is -0.380. The Labute approximate surface area is 417 Å². The summed E-state index contributed by atoms with van der Waals surface area (Å²) in [5.74, 6) is -0.148. The molecular formula is C50H65N13O7S. The highest BCUT2D eigenvalue weighted by molar-refractivity contribution is 7.19. The van der Waals surface area contributed by atoms with Crippen LogP contribution in [0.2, 0.25) is 0 Å². The first-order valence-electron chi connectivity index (χ1n) is 24.7. The van der Waals surface area contributed by atoms with Crippen LogP contribution in [0.4, 0.5) is 39.0 Å². The minimum absolute atomic E-state index is 0.000293. The molecule has 0 atom stereocenters. The Hall–Kier alpha value is -6.87. The van der Waals surface area contributed by atoms with Gasteiger partial charge in [-0.1, -0.05) is 57.8 Å². The molecule has 5 aromatic rings. The molecule has 1 aliphatic heterocycles. The molecule has 0 spiro atoms. The number of fused-ring (bicyclic) bond motifs is 1. The molecule has 21 heteroatoms. The van der Waals surface area contributed by atoms with Gasteiger partial charge in [0, 0.05) is 69.5 Å². The van der Waals surface area contributed by atoms with Crippen LogP contribution in [0.5, 0.6) is 0 Å². The lowest BCUT2D eigenvalue weighted by Gasteiger charge is -2.35. The number of anilines is 6. The first-order valence-corrected chi connectivity index (χ1v) is 25.6. The molecule has 4 aromatic heterocycles. The van der Waals surface area contributed by atoms with Crippen molar-refractivity contribution in [2.75, 3.05) is 72.0 Å². The van der Waals surface area contributed by atoms with Crippen LogP contribution < -0.4 is 37.0 Å². The zero-order chi connectivity index (χ0) is 50.4. The minimum Gasteiger partial charge on any atom is -0.385 e. The van der Waals surface area contributed by atoms with Crippen LogP contribution >= 0.6 is 11.3 Å². The molecule has 3 amide bonds. The zero-order valence-electron chi connectivity index (χ0n) is 41.1. The van der Waals surface area contributed by atoms with E-state index < -0.39 is 10.8 Å². The number of ketones is 1. The molecule has 20 nitrogen and oxygen atoms in total. The Morgan fingerprint density at radius 2 is 1.52 bits per heavy atom. The number of hydrogen-bond donors (Lipinski definition) is 5. The average Bonchev–Trinajstić information content (AvgIpc) is 4.00. The van der Waals surface area contributed by atoms with E-state index in [-0.39, 0.29) is 56.2 Å². The number of aromatic nitrogens is 5. The quantitative estimate of drug-likeness (QED) is 0.0169. The molecule has 71 heavy (non-hydrogen) atoms. The predicted molar refractivity (Wildman–Crippen MR) is 277 cm³/mol. The smallest absolute Gasteiger partial charge is 0.348 e. The number of nitrogens with zero attached hydrogens (tertiary/aromatic N) is 8. The molecule has 1 aliphatic carbocycles. The third-order valence-corrected chi connectivity index (χ3v) is 14.1. The zero-order valence-corrected chi connectivity index (χ0v) is 41.9. The van der Waals surface area contributed by atoms with Crippen LogP contribution in [-0.4, -0.2) is 104 Å². The van der Waals surface area contributed by atoms with Crippen molar-refractivity contribution in [1.82, 2.24) is 34.7 Å². The van der Waals surface area contributed by atoms with Crippen molar-refractivity contribution in [3.05, 3.63) is 85.6 Å². The van der Waals surface area contributed by atoms with Gasteiger partial charge in [-0.05, 0) is 93.7 Å². The normalized spacial score (nSPS) is 14.1. The monoisotopic (exact) mass is 991 g/mol. The summed E-state index contributed by atoms with van der Waals surface area (Å²) in [6.45, 7) is 11.0. The number of hydrogen-bond acceptors (Lipinski definition) is 16. The topological polar surface area (TPSA) is 252 Å². The van der Waals surface area contributed by atoms with E-state index in [9.17, 15) is 34.1 Å². The Balaban J connectivity index is 0.727. The number of nitrogens with one attached hydrogen (secondary N) is 5. The number of piperazine rings is 1. The van der Waals surface area contributed by atoms with Gasteiger partial charge in [0.1, 0.15) is 17.2 Å². The number of benzene rings is 1. The number of Topliss-reactive ketones (excluding diaryl/α,β-unsaturated/α-hetero) is 1. The van der Waals surface area contributed by atoms with Gasteiger partial charge in [0.2, 0.25) is 17.8 Å². The van der Waals surface area contributed by atoms with Crippen LogP contribution in [-0.2, 0) is 9.59 Å². The molecule has 5 heterocycles. The predicted octanol–water partition coefficient (Wildman–Crippen LogP) is 8.30. The van der Waals surface area contributed by atoms with Crippen molar-refractivity contribution in [2.24, 2.45) is 0 Å². The fourth-order valence-electron chi connectivity index (χ4n) is 9.36. The lowest BCUT2D eigenvalue weighted by atomic mass is 10.0. The highest BCUT2D eigenvalue weighted by Gasteiger charge is 2.27. The number of unbranched alkanes of at least 4 members (excludes halogenated alkanes) is 8. The van der Waals surface area contributed by atoms with Gasteiger partial charge < -0.3 is 26.2 Å². The number of nitro groups is 1. The number of aryl methyl sites for hydroxylation is 2. The Bertz CT molecular complexity index is 2770. The van der Waals surface area contributed by atoms with E-state index in [0.717, 1.165) is 120 Å². The Morgan fingerprint density at radius 3 is 2.15 bits per heavy atom. The molecule has 378 valence electrons. The number of thiazole rings is 1. The molecule has 1 saturated heterocycles. The largest absolute Gasteiger partial charge is 0.385 e. The van der Waals surface area contributed by atoms with Crippen LogP contribution in [0.15, 0.2) is 47.5 Å². The summed E-state index contributed by atoms with van der Waals surface area (Å²) in [6, 6.07) is 8.97. The van der Waals surface area contributed by atoms with Gasteiger partial charge >= 0.3 is 5.00 Å². The third-order valence-electron chi connectivity index (χ3n) is 13.1. The average molecular weight is 992 g/mol. The summed E-state index contributed by atoms with van der Waals surface area (Å²) in [4.78, 5) is 96.8. The van der Waals surface area contributed by atoms with Crippen LogP contribution in [0.1, 0.15) is 135 Å². The maximum absolute atomic E-state index is 13.6. The van der Waals surface area contributed by atoms with Crippen molar-refractivity contribution in [2.45, 2.75) is 117 Å². The van der Waals surface area contributed by atoms with E-state index in [1.807, 2.05) is 18.3 Å². The van der Waals surface area contributed by atoms with Crippen LogP contribution in [0.3, 0.4) is 0 Å². The van der Waals surface area contributed by atoms with Gasteiger partial charge in [-0.3, -0.25) is 48.9 Å². The van der Waals surface area contributed by atoms with Gasteiger partial charge in [-0.2, -0.15) is 4.98 Å². The first kappa shape index (κ1) is 52.0. The number of rotatable bonds is 24. The molecular weight excluding hydrogens is 927 g/mol. The molecule has 7 rings (SSSR count). The van der Waals surface area contributed by atoms with Gasteiger partial charge in [0.05, 0.1) is 40.2 Å². The second-order valence-electron chi connectivity index (χ2n) is 18.4. The van der Waals surface area contributed by atoms with E-state index in [0.29, 0.717) is 47.1 Å². The van der Waals surface area contributed by atoms with Crippen molar-refractivity contribution < 1.29 is 24.1 Å². The SMILES string of the molecule is CC(=O)Nc1cc(NCCCCCCCCCCCNC(=O)CN2CCN(c3ccc(Nc4ncc5c(C)c(C(C)=O)c(=O)n(C6CCCC6)c5n4)nc3)CC2)ccc1C(=O)Nc1nc(C)c([N+](=O)[O-])s1. The van der Waals surface area contributed by atoms with E-state index in [1.54, 1.807) is 35.9 Å². The third kappa shape index (κ3) is 13.9. The van der Waals surface area contributed by atoms with Crippen LogP contribution in [0, 0.1) is 24.0 Å².